The van der Waals surface area contributed by atoms with Gasteiger partial charge in [-0.15, -0.1) is 0 Å². The smallest absolute Gasteiger partial charge is 0.0667 e. The molecule has 0 spiro atoms. The summed E-state index contributed by atoms with van der Waals surface area (Å²) < 4.78 is 0. The molecular formula is C12H14ClN. The van der Waals surface area contributed by atoms with Gasteiger partial charge >= 0.3 is 0 Å². The van der Waals surface area contributed by atoms with Crippen molar-refractivity contribution in [1.29, 1.82) is 0 Å². The third kappa shape index (κ3) is 2.05. The Kier molecular flexibility index (Phi) is 3.90. The Morgan fingerprint density at radius 2 is 1.64 bits per heavy atom. The van der Waals surface area contributed by atoms with Gasteiger partial charge in [-0.05, 0) is 6.92 Å². The fourth-order valence-corrected chi connectivity index (χ4v) is 1.51. The van der Waals surface area contributed by atoms with E-state index in [1.165, 1.54) is 0 Å². The van der Waals surface area contributed by atoms with Crippen LogP contribution in [-0.4, -0.2) is 4.98 Å². The molecule has 0 atom stereocenters. The summed E-state index contributed by atoms with van der Waals surface area (Å²) >= 11 is 5.97. The molecule has 74 valence electrons. The minimum Gasteiger partial charge on any atom is -0.259 e. The van der Waals surface area contributed by atoms with Crippen LogP contribution >= 0.6 is 11.6 Å². The predicted octanol–water partition coefficient (Wildman–Crippen LogP) is 4.22. The third-order valence-electron chi connectivity index (χ3n) is 1.95. The Labute approximate surface area is 89.7 Å². The fraction of sp³-hybridized carbons (Fsp3) is 0.250. The molecule has 1 nitrogen and oxygen atoms in total. The summed E-state index contributed by atoms with van der Waals surface area (Å²) in [4.78, 5) is 4.17. The highest BCUT2D eigenvalue weighted by atomic mass is 35.5. The second-order valence-electron chi connectivity index (χ2n) is 2.74. The van der Waals surface area contributed by atoms with E-state index in [2.05, 4.69) is 4.98 Å². The zero-order valence-corrected chi connectivity index (χ0v) is 9.47. The van der Waals surface area contributed by atoms with Crippen molar-refractivity contribution in [2.75, 3.05) is 0 Å². The summed E-state index contributed by atoms with van der Waals surface area (Å²) in [6.45, 7) is 5.98. The van der Waals surface area contributed by atoms with Crippen molar-refractivity contribution in [3.05, 3.63) is 41.2 Å². The lowest BCUT2D eigenvalue weighted by Gasteiger charge is -2.01. The number of fused-ring (bicyclic) bond motifs is 1. The maximum Gasteiger partial charge on any atom is 0.0667 e. The second kappa shape index (κ2) is 4.97. The first-order valence-corrected chi connectivity index (χ1v) is 5.16. The van der Waals surface area contributed by atoms with E-state index >= 15 is 0 Å². The summed E-state index contributed by atoms with van der Waals surface area (Å²) in [6.07, 6.45) is 1.69. The van der Waals surface area contributed by atoms with E-state index in [1.807, 2.05) is 45.0 Å². The molecule has 2 rings (SSSR count). The van der Waals surface area contributed by atoms with Gasteiger partial charge in [-0.25, -0.2) is 0 Å². The SMILES string of the molecule is CC.Cc1ncc(Cl)c2ccccc12. The van der Waals surface area contributed by atoms with Crippen LogP contribution in [0.2, 0.25) is 5.02 Å². The number of benzene rings is 1. The number of rotatable bonds is 0. The van der Waals surface area contributed by atoms with Gasteiger partial charge in [0.2, 0.25) is 0 Å². The number of aromatic nitrogens is 1. The Morgan fingerprint density at radius 1 is 1.07 bits per heavy atom. The highest BCUT2D eigenvalue weighted by Crippen LogP contribution is 2.23. The highest BCUT2D eigenvalue weighted by molar-refractivity contribution is 6.35. The van der Waals surface area contributed by atoms with Crippen LogP contribution in [0, 0.1) is 6.92 Å². The van der Waals surface area contributed by atoms with Crippen LogP contribution in [0.15, 0.2) is 30.5 Å². The zero-order valence-electron chi connectivity index (χ0n) is 8.71. The Morgan fingerprint density at radius 3 is 2.21 bits per heavy atom. The number of hydrogen-bond donors (Lipinski definition) is 0. The van der Waals surface area contributed by atoms with Crippen molar-refractivity contribution in [3.8, 4) is 0 Å². The molecule has 0 fully saturated rings. The molecule has 0 bridgehead atoms. The standard InChI is InChI=1S/C10H8ClN.C2H6/c1-7-8-4-2-3-5-9(8)10(11)6-12-7;1-2/h2-6H,1H3;1-2H3. The van der Waals surface area contributed by atoms with E-state index in [4.69, 9.17) is 11.6 Å². The molecule has 2 aromatic rings. The average molecular weight is 208 g/mol. The molecule has 0 saturated carbocycles. The molecule has 0 aliphatic carbocycles. The molecule has 1 heterocycles. The molecule has 1 aromatic carbocycles. The van der Waals surface area contributed by atoms with E-state index in [0.717, 1.165) is 21.5 Å². The van der Waals surface area contributed by atoms with Crippen molar-refractivity contribution in [3.63, 3.8) is 0 Å². The Hall–Kier alpha value is -1.08. The molecule has 14 heavy (non-hydrogen) atoms. The van der Waals surface area contributed by atoms with Crippen molar-refractivity contribution in [2.45, 2.75) is 20.8 Å². The lowest BCUT2D eigenvalue weighted by molar-refractivity contribution is 1.24. The van der Waals surface area contributed by atoms with E-state index in [1.54, 1.807) is 6.20 Å². The van der Waals surface area contributed by atoms with Gasteiger partial charge in [-0.2, -0.15) is 0 Å². The largest absolute Gasteiger partial charge is 0.259 e. The zero-order chi connectivity index (χ0) is 10.6. The first-order chi connectivity index (χ1) is 6.79. The maximum atomic E-state index is 5.97. The number of nitrogens with zero attached hydrogens (tertiary/aromatic N) is 1. The molecule has 1 aromatic heterocycles. The highest BCUT2D eigenvalue weighted by Gasteiger charge is 2.00. The van der Waals surface area contributed by atoms with Crippen molar-refractivity contribution in [2.24, 2.45) is 0 Å². The Bertz CT molecular complexity index is 383. The normalized spacial score (nSPS) is 9.43. The lowest BCUT2D eigenvalue weighted by atomic mass is 10.1. The van der Waals surface area contributed by atoms with Gasteiger partial charge in [0, 0.05) is 22.7 Å². The summed E-state index contributed by atoms with van der Waals surface area (Å²) in [6, 6.07) is 8.01. The van der Waals surface area contributed by atoms with E-state index in [0.29, 0.717) is 0 Å². The van der Waals surface area contributed by atoms with Gasteiger partial charge in [-0.3, -0.25) is 4.98 Å². The summed E-state index contributed by atoms with van der Waals surface area (Å²) in [5.41, 5.74) is 1.02. The summed E-state index contributed by atoms with van der Waals surface area (Å²) in [7, 11) is 0. The maximum absolute atomic E-state index is 5.97. The third-order valence-corrected chi connectivity index (χ3v) is 2.25. The van der Waals surface area contributed by atoms with Crippen LogP contribution in [-0.2, 0) is 0 Å². The number of pyridine rings is 1. The first-order valence-electron chi connectivity index (χ1n) is 4.79. The van der Waals surface area contributed by atoms with Crippen LogP contribution < -0.4 is 0 Å². The van der Waals surface area contributed by atoms with Crippen molar-refractivity contribution in [1.82, 2.24) is 4.98 Å². The first kappa shape index (κ1) is 11.0. The monoisotopic (exact) mass is 207 g/mol. The molecule has 0 radical (unpaired) electrons. The molecule has 0 saturated heterocycles. The molecule has 0 aliphatic heterocycles. The summed E-state index contributed by atoms with van der Waals surface area (Å²) in [5, 5.41) is 2.92. The molecule has 0 unspecified atom stereocenters. The predicted molar refractivity (Wildman–Crippen MR) is 62.8 cm³/mol. The molecule has 0 aliphatic rings. The van der Waals surface area contributed by atoms with Crippen LogP contribution in [0.25, 0.3) is 10.8 Å². The average Bonchev–Trinajstić information content (AvgIpc) is 2.27. The van der Waals surface area contributed by atoms with Gasteiger partial charge in [0.05, 0.1) is 5.02 Å². The van der Waals surface area contributed by atoms with Crippen LogP contribution in [0.1, 0.15) is 19.5 Å². The van der Waals surface area contributed by atoms with E-state index < -0.39 is 0 Å². The van der Waals surface area contributed by atoms with Crippen LogP contribution in [0.3, 0.4) is 0 Å². The fourth-order valence-electron chi connectivity index (χ4n) is 1.30. The topological polar surface area (TPSA) is 12.9 Å². The second-order valence-corrected chi connectivity index (χ2v) is 3.14. The van der Waals surface area contributed by atoms with Gasteiger partial charge in [0.1, 0.15) is 0 Å². The van der Waals surface area contributed by atoms with E-state index in [9.17, 15) is 0 Å². The molecule has 0 amide bonds. The minimum atomic E-state index is 0.719. The van der Waals surface area contributed by atoms with Crippen LogP contribution in [0.4, 0.5) is 0 Å². The van der Waals surface area contributed by atoms with Gasteiger partial charge in [-0.1, -0.05) is 49.7 Å². The Balaban J connectivity index is 0.000000461. The lowest BCUT2D eigenvalue weighted by Crippen LogP contribution is -1.83. The van der Waals surface area contributed by atoms with Crippen molar-refractivity contribution >= 4 is 22.4 Å². The molecule has 0 N–H and O–H groups in total. The van der Waals surface area contributed by atoms with E-state index in [-0.39, 0.29) is 0 Å². The number of hydrogen-bond acceptors (Lipinski definition) is 1. The van der Waals surface area contributed by atoms with Gasteiger partial charge in [0.25, 0.3) is 0 Å². The van der Waals surface area contributed by atoms with Crippen LogP contribution in [0.5, 0.6) is 0 Å². The van der Waals surface area contributed by atoms with Crippen molar-refractivity contribution < 1.29 is 0 Å². The number of aryl methyl sites for hydroxylation is 1. The van der Waals surface area contributed by atoms with Gasteiger partial charge in [0.15, 0.2) is 0 Å². The quantitative estimate of drug-likeness (QED) is 0.630. The number of halogens is 1. The van der Waals surface area contributed by atoms with Gasteiger partial charge < -0.3 is 0 Å². The summed E-state index contributed by atoms with van der Waals surface area (Å²) in [5.74, 6) is 0. The molecular weight excluding hydrogens is 194 g/mol. The minimum absolute atomic E-state index is 0.719. The molecule has 2 heteroatoms.